The molecule has 21 heteroatoms. The number of aliphatic hydroxyl groups excluding tert-OH is 1. The summed E-state index contributed by atoms with van der Waals surface area (Å²) in [6, 6.07) is 19.8. The quantitative estimate of drug-likeness (QED) is 0.0314. The number of rotatable bonds is 25. The summed E-state index contributed by atoms with van der Waals surface area (Å²) in [7, 11) is 1.48. The minimum atomic E-state index is -1.43. The number of likely N-dealkylation sites (tertiary alicyclic amines) is 1. The van der Waals surface area contributed by atoms with Crippen LogP contribution in [0.1, 0.15) is 70.6 Å². The maximum absolute atomic E-state index is 15.9. The van der Waals surface area contributed by atoms with Crippen LogP contribution in [0.3, 0.4) is 0 Å². The van der Waals surface area contributed by atoms with E-state index in [9.17, 15) is 33.5 Å². The number of nitrogens with one attached hydrogen (secondary N) is 2. The summed E-state index contributed by atoms with van der Waals surface area (Å²) >= 11 is 1.56. The highest BCUT2D eigenvalue weighted by molar-refractivity contribution is 7.13. The zero-order chi connectivity index (χ0) is 56.4. The number of ether oxygens (including phenoxy) is 5. The van der Waals surface area contributed by atoms with Crippen LogP contribution in [0.4, 0.5) is 20.2 Å². The molecular formula is C58H65F2N7O11S. The first-order valence-corrected chi connectivity index (χ1v) is 26.9. The van der Waals surface area contributed by atoms with Crippen molar-refractivity contribution >= 4 is 63.2 Å². The Kier molecular flexibility index (Phi) is 18.6. The third kappa shape index (κ3) is 14.0. The van der Waals surface area contributed by atoms with Gasteiger partial charge in [0.25, 0.3) is 0 Å². The second-order valence-electron chi connectivity index (χ2n) is 20.6. The van der Waals surface area contributed by atoms with Gasteiger partial charge in [-0.3, -0.25) is 33.9 Å². The summed E-state index contributed by atoms with van der Waals surface area (Å²) in [5, 5.41) is 16.9. The van der Waals surface area contributed by atoms with Crippen molar-refractivity contribution in [2.24, 2.45) is 16.6 Å². The average molecular weight is 1110 g/mol. The highest BCUT2D eigenvalue weighted by Crippen LogP contribution is 2.49. The number of methoxy groups -OCH3 is 1. The van der Waals surface area contributed by atoms with E-state index < -0.39 is 58.4 Å². The molecule has 79 heavy (non-hydrogen) atoms. The molecule has 8 rings (SSSR count). The van der Waals surface area contributed by atoms with Crippen LogP contribution in [0.2, 0.25) is 0 Å². The van der Waals surface area contributed by atoms with Crippen molar-refractivity contribution in [3.8, 4) is 33.4 Å². The summed E-state index contributed by atoms with van der Waals surface area (Å²) < 4.78 is 58.9. The molecule has 0 spiro atoms. The highest BCUT2D eigenvalue weighted by Gasteiger charge is 2.57. The number of pyridine rings is 1. The van der Waals surface area contributed by atoms with Crippen molar-refractivity contribution in [2.45, 2.75) is 91.0 Å². The fourth-order valence-electron chi connectivity index (χ4n) is 9.19. The Labute approximate surface area is 460 Å². The Balaban J connectivity index is 0.747. The van der Waals surface area contributed by atoms with E-state index in [0.717, 1.165) is 44.8 Å². The number of nitrogens with two attached hydrogens (primary N) is 1. The van der Waals surface area contributed by atoms with Gasteiger partial charge in [-0.2, -0.15) is 0 Å². The molecule has 5 N–H and O–H groups in total. The monoisotopic (exact) mass is 1110 g/mol. The Hall–Kier alpha value is -7.59. The van der Waals surface area contributed by atoms with Gasteiger partial charge in [-0.15, -0.1) is 11.3 Å². The van der Waals surface area contributed by atoms with Crippen LogP contribution in [-0.2, 0) is 40.0 Å². The van der Waals surface area contributed by atoms with Gasteiger partial charge in [0.05, 0.1) is 53.7 Å². The van der Waals surface area contributed by atoms with Gasteiger partial charge in [-0.1, -0.05) is 45.0 Å². The predicted octanol–water partition coefficient (Wildman–Crippen LogP) is 8.07. The minimum absolute atomic E-state index is 0.00667. The van der Waals surface area contributed by atoms with Crippen molar-refractivity contribution in [1.29, 1.82) is 0 Å². The van der Waals surface area contributed by atoms with Crippen LogP contribution in [0.15, 0.2) is 96.6 Å². The molecule has 2 fully saturated rings. The minimum Gasteiger partial charge on any atom is -0.493 e. The van der Waals surface area contributed by atoms with Crippen LogP contribution in [0.25, 0.3) is 21.3 Å². The van der Waals surface area contributed by atoms with Crippen LogP contribution in [-0.4, -0.2) is 114 Å². The SMILES string of the molecule is COc1cc2c(Oc3ccc(N(C(=O)C4(C(N)=O)CC4)c4ccc(F)cc4)cc3F)ccnc2cc1OCCCOCCCOCCC(=O)NC(C(=O)N1C[C@@H](O)C[C@H]1C(=O)NCc1ccc(-c2scnc2C)cc1)C(C)(C)C. The molecule has 418 valence electrons. The number of thiazole rings is 1. The van der Waals surface area contributed by atoms with Crippen LogP contribution < -0.4 is 35.5 Å². The van der Waals surface area contributed by atoms with Gasteiger partial charge in [-0.25, -0.2) is 13.8 Å². The first-order chi connectivity index (χ1) is 37.9. The first-order valence-electron chi connectivity index (χ1n) is 26.0. The van der Waals surface area contributed by atoms with E-state index in [1.807, 2.05) is 52.0 Å². The molecule has 1 aliphatic heterocycles. The fraction of sp³-hybridized carbons (Fsp3) is 0.397. The smallest absolute Gasteiger partial charge is 0.247 e. The number of benzene rings is 4. The van der Waals surface area contributed by atoms with Gasteiger partial charge in [-0.05, 0) is 91.3 Å². The van der Waals surface area contributed by atoms with E-state index in [1.165, 1.54) is 42.5 Å². The van der Waals surface area contributed by atoms with Gasteiger partial charge >= 0.3 is 0 Å². The Morgan fingerprint density at radius 2 is 1.56 bits per heavy atom. The van der Waals surface area contributed by atoms with E-state index >= 15 is 4.39 Å². The third-order valence-corrected chi connectivity index (χ3v) is 14.7. The van der Waals surface area contributed by atoms with Gasteiger partial charge in [0.15, 0.2) is 23.1 Å². The molecule has 0 bridgehead atoms. The molecule has 18 nitrogen and oxygen atoms in total. The number of hydrogen-bond donors (Lipinski definition) is 4. The average Bonchev–Trinajstić information content (AvgIpc) is 4.05. The van der Waals surface area contributed by atoms with E-state index in [2.05, 4.69) is 20.6 Å². The lowest BCUT2D eigenvalue weighted by Crippen LogP contribution is -2.57. The van der Waals surface area contributed by atoms with Crippen LogP contribution in [0.5, 0.6) is 23.0 Å². The molecule has 1 saturated carbocycles. The standard InChI is InChI=1S/C58H65F2N7O11S/c1-35-51(79-34-64-35)37-10-8-36(9-11-37)32-63-53(70)45-29-41(68)33-66(45)54(71)52(57(2,3)4)65-50(69)19-27-76-24-6-23-75-25-7-26-77-49-31-44-42(30-48(49)74-5)46(18-22-62-44)78-47-17-16-40(28-43(47)60)67(39-14-12-38(59)13-15-39)56(73)58(20-21-58)55(61)72/h8-18,22,28,30-31,34,41,45,52,68H,6-7,19-21,23-27,29,32-33H2,1-5H3,(H2,61,72)(H,63,70)(H,65,69)/t41-,45-,52?/m0/s1. The third-order valence-electron chi connectivity index (χ3n) is 13.8. The van der Waals surface area contributed by atoms with Crippen LogP contribution in [0, 0.1) is 29.4 Å². The number of anilines is 2. The van der Waals surface area contributed by atoms with Gasteiger partial charge in [0, 0.05) is 81.6 Å². The summed E-state index contributed by atoms with van der Waals surface area (Å²) in [5.74, 6) is -3.09. The number of aromatic nitrogens is 2. The lowest BCUT2D eigenvalue weighted by molar-refractivity contribution is -0.144. The number of halogens is 2. The summed E-state index contributed by atoms with van der Waals surface area (Å²) in [6.07, 6.45) is 2.31. The van der Waals surface area contributed by atoms with Gasteiger partial charge in [0.2, 0.25) is 29.5 Å². The second-order valence-corrected chi connectivity index (χ2v) is 21.4. The molecule has 4 aromatic carbocycles. The number of hydrogen-bond acceptors (Lipinski definition) is 14. The highest BCUT2D eigenvalue weighted by atomic mass is 32.1. The molecule has 3 heterocycles. The Morgan fingerprint density at radius 3 is 2.20 bits per heavy atom. The number of aryl methyl sites for hydroxylation is 1. The summed E-state index contributed by atoms with van der Waals surface area (Å²) in [6.45, 7) is 9.20. The number of nitrogens with zero attached hydrogens (tertiary/aromatic N) is 4. The summed E-state index contributed by atoms with van der Waals surface area (Å²) in [4.78, 5) is 79.0. The molecule has 1 aliphatic carbocycles. The number of fused-ring (bicyclic) bond motifs is 1. The fourth-order valence-corrected chi connectivity index (χ4v) is 10.00. The van der Waals surface area contributed by atoms with Gasteiger partial charge < -0.3 is 50.1 Å². The number of β-amino-alcohol motifs (C(OH)–C–C–N with tert-alkyl or cyclic N) is 1. The molecule has 6 aromatic rings. The van der Waals surface area contributed by atoms with E-state index in [4.69, 9.17) is 29.4 Å². The number of amides is 5. The first kappa shape index (κ1) is 57.6. The number of carbonyl (C=O) groups excluding carboxylic acids is 5. The Bertz CT molecular complexity index is 3150. The molecule has 2 aliphatic rings. The van der Waals surface area contributed by atoms with Crippen molar-refractivity contribution in [2.75, 3.05) is 51.6 Å². The zero-order valence-electron chi connectivity index (χ0n) is 44.7. The van der Waals surface area contributed by atoms with Gasteiger partial charge in [0.1, 0.15) is 29.1 Å². The van der Waals surface area contributed by atoms with E-state index in [-0.39, 0.29) is 86.7 Å². The molecule has 2 aromatic heterocycles. The summed E-state index contributed by atoms with van der Waals surface area (Å²) in [5.41, 5.74) is 8.93. The van der Waals surface area contributed by atoms with Crippen molar-refractivity contribution in [1.82, 2.24) is 25.5 Å². The molecule has 3 atom stereocenters. The van der Waals surface area contributed by atoms with Crippen molar-refractivity contribution in [3.05, 3.63) is 120 Å². The molecule has 1 saturated heterocycles. The number of carbonyl (C=O) groups is 5. The molecule has 5 amide bonds. The largest absolute Gasteiger partial charge is 0.493 e. The number of aliphatic hydroxyl groups is 1. The lowest BCUT2D eigenvalue weighted by atomic mass is 9.85. The molecule has 0 radical (unpaired) electrons. The molecule has 1 unspecified atom stereocenters. The predicted molar refractivity (Wildman–Crippen MR) is 292 cm³/mol. The zero-order valence-corrected chi connectivity index (χ0v) is 45.5. The number of primary amides is 1. The molecular weight excluding hydrogens is 1040 g/mol. The van der Waals surface area contributed by atoms with Crippen LogP contribution >= 0.6 is 11.3 Å². The Morgan fingerprint density at radius 1 is 0.861 bits per heavy atom. The topological polar surface area (TPSA) is 234 Å². The maximum atomic E-state index is 15.9. The van der Waals surface area contributed by atoms with E-state index in [0.29, 0.717) is 55.1 Å². The van der Waals surface area contributed by atoms with Crippen molar-refractivity contribution in [3.63, 3.8) is 0 Å². The van der Waals surface area contributed by atoms with Crippen molar-refractivity contribution < 1.29 is 61.5 Å². The maximum Gasteiger partial charge on any atom is 0.247 e. The normalized spacial score (nSPS) is 16.0. The lowest BCUT2D eigenvalue weighted by Gasteiger charge is -2.35. The van der Waals surface area contributed by atoms with E-state index in [1.54, 1.807) is 35.0 Å². The second kappa shape index (κ2) is 25.5.